The molecule has 1 aromatic carbocycles. The highest BCUT2D eigenvalue weighted by molar-refractivity contribution is 5.71. The lowest BCUT2D eigenvalue weighted by atomic mass is 10.2. The van der Waals surface area contributed by atoms with E-state index in [0.29, 0.717) is 12.4 Å². The molecule has 106 valence electrons. The van der Waals surface area contributed by atoms with Gasteiger partial charge in [-0.1, -0.05) is 6.92 Å². The second kappa shape index (κ2) is 6.14. The van der Waals surface area contributed by atoms with Crippen molar-refractivity contribution < 1.29 is 14.6 Å². The molecule has 2 rings (SSSR count). The van der Waals surface area contributed by atoms with Crippen LogP contribution in [0.5, 0.6) is 5.75 Å². The van der Waals surface area contributed by atoms with Crippen molar-refractivity contribution in [1.29, 1.82) is 0 Å². The summed E-state index contributed by atoms with van der Waals surface area (Å²) in [7, 11) is 0. The van der Waals surface area contributed by atoms with Gasteiger partial charge < -0.3 is 9.84 Å². The predicted octanol–water partition coefficient (Wildman–Crippen LogP) is 1.77. The summed E-state index contributed by atoms with van der Waals surface area (Å²) >= 11 is 0. The van der Waals surface area contributed by atoms with Crippen molar-refractivity contribution in [2.45, 2.75) is 26.3 Å². The fourth-order valence-electron chi connectivity index (χ4n) is 1.52. The Hall–Kier alpha value is -2.44. The minimum Gasteiger partial charge on any atom is -0.494 e. The van der Waals surface area contributed by atoms with Crippen LogP contribution in [0.2, 0.25) is 0 Å². The lowest BCUT2D eigenvalue weighted by molar-refractivity contribution is -0.141. The number of carboxylic acid groups (broad SMARTS) is 1. The molecule has 0 aliphatic heterocycles. The van der Waals surface area contributed by atoms with Gasteiger partial charge in [-0.15, -0.1) is 15.0 Å². The number of carbonyl (C=O) groups is 1. The van der Waals surface area contributed by atoms with Crippen LogP contribution in [0.1, 0.15) is 26.3 Å². The molecule has 0 bridgehead atoms. The van der Waals surface area contributed by atoms with Crippen molar-refractivity contribution in [3.63, 3.8) is 0 Å². The summed E-state index contributed by atoms with van der Waals surface area (Å²) in [6, 6.07) is 6.44. The molecule has 0 amide bonds. The van der Waals surface area contributed by atoms with Crippen molar-refractivity contribution in [3.8, 4) is 17.1 Å². The Kier molecular flexibility index (Phi) is 4.29. The van der Waals surface area contributed by atoms with Gasteiger partial charge in [0.1, 0.15) is 5.75 Å². The number of aliphatic carboxylic acids is 1. The molecule has 1 aromatic heterocycles. The van der Waals surface area contributed by atoms with Crippen LogP contribution in [0, 0.1) is 0 Å². The number of benzene rings is 1. The number of aromatic nitrogens is 4. The van der Waals surface area contributed by atoms with E-state index in [1.54, 1.807) is 0 Å². The zero-order valence-electron chi connectivity index (χ0n) is 11.4. The summed E-state index contributed by atoms with van der Waals surface area (Å²) < 4.78 is 5.48. The molecule has 1 N–H and O–H groups in total. The SMILES string of the molecule is CCCOc1ccc(-c2nnn(C(C)C(=O)O)n2)cc1. The number of hydrogen-bond donors (Lipinski definition) is 1. The summed E-state index contributed by atoms with van der Waals surface area (Å²) in [4.78, 5) is 11.9. The van der Waals surface area contributed by atoms with Crippen LogP contribution >= 0.6 is 0 Å². The minimum absolute atomic E-state index is 0.389. The average Bonchev–Trinajstić information content (AvgIpc) is 2.94. The Balaban J connectivity index is 2.14. The van der Waals surface area contributed by atoms with Gasteiger partial charge in [0.25, 0.3) is 0 Å². The summed E-state index contributed by atoms with van der Waals surface area (Å²) in [5, 5.41) is 20.6. The van der Waals surface area contributed by atoms with E-state index in [-0.39, 0.29) is 0 Å². The normalized spacial score (nSPS) is 12.1. The first-order valence-corrected chi connectivity index (χ1v) is 6.37. The van der Waals surface area contributed by atoms with Crippen LogP contribution in [-0.2, 0) is 4.79 Å². The smallest absolute Gasteiger partial charge is 0.330 e. The molecule has 0 aliphatic rings. The first-order valence-electron chi connectivity index (χ1n) is 6.37. The molecule has 0 saturated carbocycles. The fraction of sp³-hybridized carbons (Fsp3) is 0.385. The van der Waals surface area contributed by atoms with Gasteiger partial charge >= 0.3 is 5.97 Å². The van der Waals surface area contributed by atoms with Crippen LogP contribution in [0.3, 0.4) is 0 Å². The molecular weight excluding hydrogens is 260 g/mol. The number of nitrogens with zero attached hydrogens (tertiary/aromatic N) is 4. The Morgan fingerprint density at radius 3 is 2.70 bits per heavy atom. The molecule has 1 unspecified atom stereocenters. The summed E-state index contributed by atoms with van der Waals surface area (Å²) in [5.41, 5.74) is 0.762. The van der Waals surface area contributed by atoms with E-state index in [0.717, 1.165) is 22.5 Å². The quantitative estimate of drug-likeness (QED) is 0.864. The van der Waals surface area contributed by atoms with Gasteiger partial charge in [-0.2, -0.15) is 0 Å². The highest BCUT2D eigenvalue weighted by atomic mass is 16.5. The maximum Gasteiger partial charge on any atom is 0.330 e. The third kappa shape index (κ3) is 3.11. The zero-order valence-corrected chi connectivity index (χ0v) is 11.4. The molecule has 7 heteroatoms. The van der Waals surface area contributed by atoms with Crippen molar-refractivity contribution in [3.05, 3.63) is 24.3 Å². The molecule has 0 spiro atoms. The summed E-state index contributed by atoms with van der Waals surface area (Å²) in [6.07, 6.45) is 0.949. The molecule has 0 aliphatic carbocycles. The molecule has 20 heavy (non-hydrogen) atoms. The van der Waals surface area contributed by atoms with E-state index in [1.807, 2.05) is 31.2 Å². The number of hydrogen-bond acceptors (Lipinski definition) is 5. The average molecular weight is 276 g/mol. The maximum atomic E-state index is 10.8. The Morgan fingerprint density at radius 2 is 2.10 bits per heavy atom. The molecule has 1 atom stereocenters. The fourth-order valence-corrected chi connectivity index (χ4v) is 1.52. The molecule has 2 aromatic rings. The van der Waals surface area contributed by atoms with E-state index in [1.165, 1.54) is 6.92 Å². The largest absolute Gasteiger partial charge is 0.494 e. The van der Waals surface area contributed by atoms with E-state index >= 15 is 0 Å². The van der Waals surface area contributed by atoms with Crippen LogP contribution in [0.4, 0.5) is 0 Å². The first-order chi connectivity index (χ1) is 9.61. The summed E-state index contributed by atoms with van der Waals surface area (Å²) in [5.74, 6) is 0.166. The van der Waals surface area contributed by atoms with Gasteiger partial charge in [-0.25, -0.2) is 4.79 Å². The second-order valence-corrected chi connectivity index (χ2v) is 4.32. The van der Waals surface area contributed by atoms with Crippen molar-refractivity contribution in [2.75, 3.05) is 6.61 Å². The van der Waals surface area contributed by atoms with Crippen molar-refractivity contribution in [1.82, 2.24) is 20.2 Å². The third-order valence-corrected chi connectivity index (χ3v) is 2.72. The Bertz CT molecular complexity index is 580. The molecule has 0 radical (unpaired) electrons. The number of ether oxygens (including phenoxy) is 1. The molecular formula is C13H16N4O3. The van der Waals surface area contributed by atoms with Crippen molar-refractivity contribution >= 4 is 5.97 Å². The van der Waals surface area contributed by atoms with Crippen LogP contribution in [0.25, 0.3) is 11.4 Å². The van der Waals surface area contributed by atoms with Crippen molar-refractivity contribution in [2.24, 2.45) is 0 Å². The number of carboxylic acids is 1. The van der Waals surface area contributed by atoms with E-state index < -0.39 is 12.0 Å². The molecule has 0 fully saturated rings. The number of tetrazole rings is 1. The Labute approximate surface area is 116 Å². The van der Waals surface area contributed by atoms with E-state index in [9.17, 15) is 4.79 Å². The lowest BCUT2D eigenvalue weighted by Crippen LogP contribution is -2.18. The van der Waals surface area contributed by atoms with Crippen LogP contribution in [0.15, 0.2) is 24.3 Å². The molecule has 1 heterocycles. The topological polar surface area (TPSA) is 90.1 Å². The Morgan fingerprint density at radius 1 is 1.40 bits per heavy atom. The monoisotopic (exact) mass is 276 g/mol. The molecule has 7 nitrogen and oxygen atoms in total. The van der Waals surface area contributed by atoms with Gasteiger partial charge in [-0.3, -0.25) is 0 Å². The minimum atomic E-state index is -1.00. The predicted molar refractivity (Wildman–Crippen MR) is 71.4 cm³/mol. The third-order valence-electron chi connectivity index (χ3n) is 2.72. The van der Waals surface area contributed by atoms with Crippen LogP contribution < -0.4 is 4.74 Å². The van der Waals surface area contributed by atoms with Gasteiger partial charge in [0.2, 0.25) is 5.82 Å². The van der Waals surface area contributed by atoms with Gasteiger partial charge in [-0.05, 0) is 42.8 Å². The van der Waals surface area contributed by atoms with Gasteiger partial charge in [0.15, 0.2) is 6.04 Å². The highest BCUT2D eigenvalue weighted by Gasteiger charge is 2.17. The van der Waals surface area contributed by atoms with Gasteiger partial charge in [0, 0.05) is 5.56 Å². The highest BCUT2D eigenvalue weighted by Crippen LogP contribution is 2.19. The molecule has 0 saturated heterocycles. The maximum absolute atomic E-state index is 10.8. The zero-order chi connectivity index (χ0) is 14.5. The first kappa shape index (κ1) is 14.0. The van der Waals surface area contributed by atoms with E-state index in [2.05, 4.69) is 15.4 Å². The van der Waals surface area contributed by atoms with Crippen LogP contribution in [-0.4, -0.2) is 37.9 Å². The summed E-state index contributed by atoms with van der Waals surface area (Å²) in [6.45, 7) is 4.21. The number of rotatable bonds is 6. The standard InChI is InChI=1S/C13H16N4O3/c1-3-8-20-11-6-4-10(5-7-11)12-14-16-17(15-12)9(2)13(18)19/h4-7,9H,3,8H2,1-2H3,(H,18,19). The van der Waals surface area contributed by atoms with Gasteiger partial charge in [0.05, 0.1) is 6.61 Å². The lowest BCUT2D eigenvalue weighted by Gasteiger charge is -2.04. The second-order valence-electron chi connectivity index (χ2n) is 4.32. The van der Waals surface area contributed by atoms with E-state index in [4.69, 9.17) is 9.84 Å².